The van der Waals surface area contributed by atoms with Gasteiger partial charge in [-0.3, -0.25) is 4.79 Å². The van der Waals surface area contributed by atoms with Gasteiger partial charge in [0, 0.05) is 44.0 Å². The van der Waals surface area contributed by atoms with Crippen LogP contribution in [0.15, 0.2) is 30.5 Å². The van der Waals surface area contributed by atoms with Crippen molar-refractivity contribution >= 4 is 28.1 Å². The Morgan fingerprint density at radius 3 is 2.65 bits per heavy atom. The van der Waals surface area contributed by atoms with Crippen LogP contribution in [0.5, 0.6) is 0 Å². The van der Waals surface area contributed by atoms with Gasteiger partial charge in [-0.25, -0.2) is 4.98 Å². The number of piperidine rings is 1. The number of benzene rings is 1. The monoisotopic (exact) mass is 372 g/mol. The fourth-order valence-corrected chi connectivity index (χ4v) is 4.54. The third-order valence-electron chi connectivity index (χ3n) is 5.17. The predicted molar refractivity (Wildman–Crippen MR) is 105 cm³/mol. The molecule has 0 saturated carbocycles. The summed E-state index contributed by atoms with van der Waals surface area (Å²) < 4.78 is 5.44. The van der Waals surface area contributed by atoms with E-state index < -0.39 is 0 Å². The van der Waals surface area contributed by atoms with Gasteiger partial charge >= 0.3 is 0 Å². The van der Waals surface area contributed by atoms with Crippen LogP contribution in [0.2, 0.25) is 0 Å². The summed E-state index contributed by atoms with van der Waals surface area (Å²) in [4.78, 5) is 21.8. The van der Waals surface area contributed by atoms with Crippen LogP contribution in [0.4, 0.5) is 10.8 Å². The van der Waals surface area contributed by atoms with Crippen LogP contribution >= 0.6 is 11.3 Å². The number of hydrogen-bond donors (Lipinski definition) is 1. The van der Waals surface area contributed by atoms with Gasteiger partial charge in [0.25, 0.3) is 0 Å². The Morgan fingerprint density at radius 2 is 1.92 bits per heavy atom. The normalized spacial score (nSPS) is 18.9. The maximum Gasteiger partial charge on any atom is 0.220 e. The quantitative estimate of drug-likeness (QED) is 0.892. The molecule has 26 heavy (non-hydrogen) atoms. The molecule has 0 spiro atoms. The van der Waals surface area contributed by atoms with Crippen LogP contribution in [-0.2, 0) is 9.53 Å². The van der Waals surface area contributed by atoms with Crippen molar-refractivity contribution < 1.29 is 9.53 Å². The van der Waals surface area contributed by atoms with Gasteiger partial charge in [0.1, 0.15) is 0 Å². The van der Waals surface area contributed by atoms with E-state index in [9.17, 15) is 4.79 Å². The molecule has 1 aromatic carbocycles. The molecular formula is C19H24N4O2S. The highest BCUT2D eigenvalue weighted by Crippen LogP contribution is 2.34. The predicted octanol–water partition coefficient (Wildman–Crippen LogP) is 2.35. The maximum atomic E-state index is 11.3. The Bertz CT molecular complexity index is 764. The first kappa shape index (κ1) is 17.3. The van der Waals surface area contributed by atoms with Crippen molar-refractivity contribution in [2.75, 3.05) is 49.2 Å². The van der Waals surface area contributed by atoms with Crippen molar-refractivity contribution in [2.45, 2.75) is 12.8 Å². The lowest BCUT2D eigenvalue weighted by molar-refractivity contribution is -0.122. The zero-order valence-electron chi connectivity index (χ0n) is 14.8. The van der Waals surface area contributed by atoms with Crippen molar-refractivity contribution in [3.8, 4) is 10.4 Å². The van der Waals surface area contributed by atoms with Crippen LogP contribution in [0.25, 0.3) is 10.4 Å². The SMILES string of the molecule is NC(=O)C1CCN(c2ncc(-c3cccc(N4CCOCC4)c3)s2)CC1. The summed E-state index contributed by atoms with van der Waals surface area (Å²) in [5, 5.41) is 1.03. The number of anilines is 2. The minimum Gasteiger partial charge on any atom is -0.378 e. The van der Waals surface area contributed by atoms with Gasteiger partial charge < -0.3 is 20.3 Å². The summed E-state index contributed by atoms with van der Waals surface area (Å²) >= 11 is 1.71. The van der Waals surface area contributed by atoms with E-state index in [-0.39, 0.29) is 11.8 Å². The third kappa shape index (κ3) is 3.68. The van der Waals surface area contributed by atoms with Gasteiger partial charge in [-0.05, 0) is 30.5 Å². The van der Waals surface area contributed by atoms with E-state index >= 15 is 0 Å². The number of nitrogens with zero attached hydrogens (tertiary/aromatic N) is 3. The van der Waals surface area contributed by atoms with E-state index in [1.807, 2.05) is 6.20 Å². The molecule has 2 saturated heterocycles. The molecular weight excluding hydrogens is 348 g/mol. The minimum atomic E-state index is -0.176. The Balaban J connectivity index is 1.47. The Kier molecular flexibility index (Phi) is 5.08. The zero-order valence-corrected chi connectivity index (χ0v) is 15.6. The summed E-state index contributed by atoms with van der Waals surface area (Å²) in [5.74, 6) is -0.166. The fourth-order valence-electron chi connectivity index (χ4n) is 3.58. The molecule has 0 radical (unpaired) electrons. The van der Waals surface area contributed by atoms with E-state index in [1.165, 1.54) is 16.1 Å². The molecule has 1 amide bonds. The number of nitrogens with two attached hydrogens (primary N) is 1. The highest BCUT2D eigenvalue weighted by Gasteiger charge is 2.24. The minimum absolute atomic E-state index is 0.0101. The molecule has 2 fully saturated rings. The molecule has 0 unspecified atom stereocenters. The Hall–Kier alpha value is -2.12. The lowest BCUT2D eigenvalue weighted by Gasteiger charge is -2.30. The lowest BCUT2D eigenvalue weighted by Crippen LogP contribution is -2.38. The smallest absolute Gasteiger partial charge is 0.220 e. The fraction of sp³-hybridized carbons (Fsp3) is 0.474. The largest absolute Gasteiger partial charge is 0.378 e. The molecule has 138 valence electrons. The first-order valence-electron chi connectivity index (χ1n) is 9.14. The first-order valence-corrected chi connectivity index (χ1v) is 9.95. The molecule has 0 bridgehead atoms. The van der Waals surface area contributed by atoms with E-state index in [0.29, 0.717) is 0 Å². The van der Waals surface area contributed by atoms with E-state index in [1.54, 1.807) is 11.3 Å². The number of amides is 1. The van der Waals surface area contributed by atoms with Crippen molar-refractivity contribution in [3.63, 3.8) is 0 Å². The highest BCUT2D eigenvalue weighted by molar-refractivity contribution is 7.18. The molecule has 2 aromatic rings. The number of aromatic nitrogens is 1. The second-order valence-electron chi connectivity index (χ2n) is 6.82. The zero-order chi connectivity index (χ0) is 17.9. The van der Waals surface area contributed by atoms with Gasteiger partial charge in [-0.2, -0.15) is 0 Å². The van der Waals surface area contributed by atoms with Gasteiger partial charge in [-0.15, -0.1) is 0 Å². The number of morpholine rings is 1. The summed E-state index contributed by atoms with van der Waals surface area (Å²) in [6.07, 6.45) is 3.59. The number of rotatable bonds is 4. The van der Waals surface area contributed by atoms with Crippen LogP contribution in [0.1, 0.15) is 12.8 Å². The molecule has 0 atom stereocenters. The second kappa shape index (κ2) is 7.63. The summed E-state index contributed by atoms with van der Waals surface area (Å²) in [7, 11) is 0. The summed E-state index contributed by atoms with van der Waals surface area (Å²) in [6.45, 7) is 5.13. The van der Waals surface area contributed by atoms with E-state index in [0.717, 1.165) is 57.4 Å². The average molecular weight is 372 g/mol. The molecule has 6 nitrogen and oxygen atoms in total. The molecule has 2 aliphatic heterocycles. The van der Waals surface area contributed by atoms with Crippen LogP contribution in [-0.4, -0.2) is 50.3 Å². The maximum absolute atomic E-state index is 11.3. The second-order valence-corrected chi connectivity index (χ2v) is 7.83. The number of carbonyl (C=O) groups excluding carboxylic acids is 1. The average Bonchev–Trinajstić information content (AvgIpc) is 3.19. The van der Waals surface area contributed by atoms with Crippen molar-refractivity contribution in [1.29, 1.82) is 0 Å². The van der Waals surface area contributed by atoms with Gasteiger partial charge in [0.15, 0.2) is 5.13 Å². The molecule has 1 aromatic heterocycles. The molecule has 4 rings (SSSR count). The molecule has 0 aliphatic carbocycles. The number of hydrogen-bond acceptors (Lipinski definition) is 6. The Morgan fingerprint density at radius 1 is 1.15 bits per heavy atom. The standard InChI is InChI=1S/C19H24N4O2S/c20-18(24)14-4-6-23(7-5-14)19-21-13-17(26-19)15-2-1-3-16(12-15)22-8-10-25-11-9-22/h1-3,12-14H,4-11H2,(H2,20,24). The lowest BCUT2D eigenvalue weighted by atomic mass is 9.97. The summed E-state index contributed by atoms with van der Waals surface area (Å²) in [6, 6.07) is 8.64. The van der Waals surface area contributed by atoms with Gasteiger partial charge in [0.05, 0.1) is 18.1 Å². The van der Waals surface area contributed by atoms with Crippen LogP contribution < -0.4 is 15.5 Å². The molecule has 3 heterocycles. The number of thiazole rings is 1. The third-order valence-corrected chi connectivity index (χ3v) is 6.28. The molecule has 7 heteroatoms. The summed E-state index contributed by atoms with van der Waals surface area (Å²) in [5.41, 5.74) is 7.86. The highest BCUT2D eigenvalue weighted by atomic mass is 32.1. The van der Waals surface area contributed by atoms with Crippen molar-refractivity contribution in [2.24, 2.45) is 11.7 Å². The molecule has 2 aliphatic rings. The number of primary amides is 1. The number of carbonyl (C=O) groups is 1. The van der Waals surface area contributed by atoms with Gasteiger partial charge in [0.2, 0.25) is 5.91 Å². The topological polar surface area (TPSA) is 71.7 Å². The van der Waals surface area contributed by atoms with Crippen LogP contribution in [0.3, 0.4) is 0 Å². The number of ether oxygens (including phenoxy) is 1. The Labute approximate surface area is 157 Å². The van der Waals surface area contributed by atoms with E-state index in [4.69, 9.17) is 10.5 Å². The van der Waals surface area contributed by atoms with Crippen molar-refractivity contribution in [3.05, 3.63) is 30.5 Å². The van der Waals surface area contributed by atoms with Gasteiger partial charge in [-0.1, -0.05) is 23.5 Å². The van der Waals surface area contributed by atoms with Crippen molar-refractivity contribution in [1.82, 2.24) is 4.98 Å². The molecule has 2 N–H and O–H groups in total. The van der Waals surface area contributed by atoms with Crippen LogP contribution in [0, 0.1) is 5.92 Å². The first-order chi connectivity index (χ1) is 12.7. The van der Waals surface area contributed by atoms with E-state index in [2.05, 4.69) is 39.0 Å².